The normalized spacial score (nSPS) is 10.1. The van der Waals surface area contributed by atoms with Crippen molar-refractivity contribution in [2.24, 2.45) is 0 Å². The smallest absolute Gasteiger partial charge is 0.408 e. The Bertz CT molecular complexity index is 521. The van der Waals surface area contributed by atoms with Crippen LogP contribution in [0.1, 0.15) is 36.7 Å². The topological polar surface area (TPSA) is 68.3 Å². The van der Waals surface area contributed by atoms with E-state index in [-0.39, 0.29) is 12.1 Å². The molecule has 1 aromatic heterocycles. The summed E-state index contributed by atoms with van der Waals surface area (Å²) < 4.78 is 4.88. The van der Waals surface area contributed by atoms with Crippen molar-refractivity contribution in [1.29, 1.82) is 0 Å². The van der Waals surface area contributed by atoms with E-state index in [4.69, 9.17) is 4.74 Å². The van der Waals surface area contributed by atoms with Crippen LogP contribution < -0.4 is 5.32 Å². The highest BCUT2D eigenvalue weighted by Gasteiger charge is 2.13. The number of aldehydes is 1. The van der Waals surface area contributed by atoms with E-state index in [1.54, 1.807) is 6.07 Å². The minimum atomic E-state index is -0.524. The maximum atomic E-state index is 11.3. The molecular formula is C14H16N2O3. The third kappa shape index (κ3) is 5.68. The minimum Gasteiger partial charge on any atom is -0.436 e. The van der Waals surface area contributed by atoms with Crippen LogP contribution in [0.15, 0.2) is 18.5 Å². The third-order valence-corrected chi connectivity index (χ3v) is 1.96. The van der Waals surface area contributed by atoms with E-state index < -0.39 is 6.09 Å². The Balaban J connectivity index is 2.52. The van der Waals surface area contributed by atoms with Crippen LogP contribution in [-0.2, 0) is 4.74 Å². The van der Waals surface area contributed by atoms with Gasteiger partial charge in [0.25, 0.3) is 0 Å². The molecule has 1 heterocycles. The summed E-state index contributed by atoms with van der Waals surface area (Å²) in [6, 6.07) is 1.57. The lowest BCUT2D eigenvalue weighted by Crippen LogP contribution is -2.40. The van der Waals surface area contributed by atoms with Crippen molar-refractivity contribution in [3.8, 4) is 11.8 Å². The molecule has 19 heavy (non-hydrogen) atoms. The number of hydrogen-bond acceptors (Lipinski definition) is 4. The molecule has 0 saturated carbocycles. The third-order valence-electron chi connectivity index (χ3n) is 1.96. The fraction of sp³-hybridized carbons (Fsp3) is 0.357. The van der Waals surface area contributed by atoms with Gasteiger partial charge in [-0.2, -0.15) is 0 Å². The summed E-state index contributed by atoms with van der Waals surface area (Å²) in [6.07, 6.45) is 3.19. The molecule has 0 bridgehead atoms. The number of rotatable bonds is 2. The zero-order valence-corrected chi connectivity index (χ0v) is 11.2. The number of carbonyl (C=O) groups is 2. The van der Waals surface area contributed by atoms with Gasteiger partial charge < -0.3 is 10.1 Å². The van der Waals surface area contributed by atoms with Crippen molar-refractivity contribution >= 4 is 12.4 Å². The molecule has 0 atom stereocenters. The minimum absolute atomic E-state index is 0.0465. The van der Waals surface area contributed by atoms with Crippen molar-refractivity contribution in [2.75, 3.05) is 6.61 Å². The first-order valence-corrected chi connectivity index (χ1v) is 5.75. The molecule has 0 unspecified atom stereocenters. The van der Waals surface area contributed by atoms with E-state index in [1.807, 2.05) is 20.8 Å². The zero-order chi connectivity index (χ0) is 14.3. The Morgan fingerprint density at radius 1 is 1.53 bits per heavy atom. The second-order valence-electron chi connectivity index (χ2n) is 4.83. The molecule has 100 valence electrons. The second-order valence-corrected chi connectivity index (χ2v) is 4.83. The van der Waals surface area contributed by atoms with Crippen LogP contribution in [0.4, 0.5) is 4.79 Å². The fourth-order valence-electron chi connectivity index (χ4n) is 1.19. The summed E-state index contributed by atoms with van der Waals surface area (Å²) in [5.74, 6) is 5.39. The lowest BCUT2D eigenvalue weighted by Gasteiger charge is -2.19. The molecule has 0 aliphatic heterocycles. The summed E-state index contributed by atoms with van der Waals surface area (Å²) >= 11 is 0. The van der Waals surface area contributed by atoms with Crippen LogP contribution in [0.5, 0.6) is 0 Å². The molecule has 1 amide bonds. The molecule has 0 aromatic carbocycles. The van der Waals surface area contributed by atoms with Gasteiger partial charge in [-0.15, -0.1) is 0 Å². The predicted molar refractivity (Wildman–Crippen MR) is 70.7 cm³/mol. The number of nitrogens with one attached hydrogen (secondary N) is 1. The highest BCUT2D eigenvalue weighted by Crippen LogP contribution is 2.01. The fourth-order valence-corrected chi connectivity index (χ4v) is 1.19. The first-order valence-electron chi connectivity index (χ1n) is 5.75. The standard InChI is InChI=1S/C14H16N2O3/c1-14(2,3)16-13(18)19-8-4-5-11-9-15-7-6-12(11)10-17/h6-7,9-10H,8H2,1-3H3,(H,16,18). The first kappa shape index (κ1) is 14.7. The summed E-state index contributed by atoms with van der Waals surface area (Å²) in [6.45, 7) is 5.51. The Hall–Kier alpha value is -2.35. The molecule has 5 heteroatoms. The molecule has 1 rings (SSSR count). The number of alkyl carbamates (subject to hydrolysis) is 1. The highest BCUT2D eigenvalue weighted by molar-refractivity contribution is 5.78. The van der Waals surface area contributed by atoms with Crippen molar-refractivity contribution in [3.05, 3.63) is 29.6 Å². The van der Waals surface area contributed by atoms with Gasteiger partial charge in [0, 0.05) is 23.5 Å². The van der Waals surface area contributed by atoms with Crippen molar-refractivity contribution in [1.82, 2.24) is 10.3 Å². The van der Waals surface area contributed by atoms with E-state index in [9.17, 15) is 9.59 Å². The van der Waals surface area contributed by atoms with Crippen LogP contribution >= 0.6 is 0 Å². The van der Waals surface area contributed by atoms with E-state index in [2.05, 4.69) is 22.1 Å². The van der Waals surface area contributed by atoms with Crippen LogP contribution in [0.2, 0.25) is 0 Å². The predicted octanol–water partition coefficient (Wildman–Crippen LogP) is 1.77. The van der Waals surface area contributed by atoms with Crippen molar-refractivity contribution in [3.63, 3.8) is 0 Å². The molecule has 0 spiro atoms. The van der Waals surface area contributed by atoms with Crippen LogP contribution in [-0.4, -0.2) is 29.5 Å². The van der Waals surface area contributed by atoms with Gasteiger partial charge in [0.2, 0.25) is 0 Å². The van der Waals surface area contributed by atoms with Gasteiger partial charge in [-0.3, -0.25) is 9.78 Å². The monoisotopic (exact) mass is 260 g/mol. The van der Waals surface area contributed by atoms with Crippen LogP contribution in [0, 0.1) is 11.8 Å². The SMILES string of the molecule is CC(C)(C)NC(=O)OCC#Cc1cnccc1C=O. The largest absolute Gasteiger partial charge is 0.436 e. The summed E-state index contributed by atoms with van der Waals surface area (Å²) in [5.41, 5.74) is 0.623. The quantitative estimate of drug-likeness (QED) is 0.650. The summed E-state index contributed by atoms with van der Waals surface area (Å²) in [4.78, 5) is 25.9. The van der Waals surface area contributed by atoms with Crippen LogP contribution in [0.25, 0.3) is 0 Å². The number of hydrogen-bond donors (Lipinski definition) is 1. The lowest BCUT2D eigenvalue weighted by atomic mass is 10.1. The van der Waals surface area contributed by atoms with E-state index in [0.717, 1.165) is 0 Å². The first-order chi connectivity index (χ1) is 8.92. The Morgan fingerprint density at radius 3 is 2.89 bits per heavy atom. The van der Waals surface area contributed by atoms with E-state index in [0.29, 0.717) is 17.4 Å². The van der Waals surface area contributed by atoms with Gasteiger partial charge >= 0.3 is 6.09 Å². The molecule has 0 saturated heterocycles. The molecule has 1 aromatic rings. The molecule has 0 aliphatic rings. The van der Waals surface area contributed by atoms with Crippen LogP contribution in [0.3, 0.4) is 0 Å². The second kappa shape index (κ2) is 6.55. The number of aromatic nitrogens is 1. The number of pyridine rings is 1. The lowest BCUT2D eigenvalue weighted by molar-refractivity contribution is 0.112. The number of carbonyl (C=O) groups excluding carboxylic acids is 2. The number of nitrogens with zero attached hydrogens (tertiary/aromatic N) is 1. The van der Waals surface area contributed by atoms with Gasteiger partial charge in [0.05, 0.1) is 5.56 Å². The van der Waals surface area contributed by atoms with Gasteiger partial charge in [-0.05, 0) is 26.8 Å². The number of ether oxygens (including phenoxy) is 1. The van der Waals surface area contributed by atoms with Crippen molar-refractivity contribution < 1.29 is 14.3 Å². The number of amides is 1. The van der Waals surface area contributed by atoms with Gasteiger partial charge in [-0.25, -0.2) is 4.79 Å². The Morgan fingerprint density at radius 2 is 2.26 bits per heavy atom. The Labute approximate surface area is 112 Å². The van der Waals surface area contributed by atoms with Gasteiger partial charge in [-0.1, -0.05) is 11.8 Å². The Kier molecular flexibility index (Phi) is 5.07. The molecular weight excluding hydrogens is 244 g/mol. The van der Waals surface area contributed by atoms with Crippen molar-refractivity contribution in [2.45, 2.75) is 26.3 Å². The molecule has 0 radical (unpaired) electrons. The maximum absolute atomic E-state index is 11.3. The molecule has 0 aliphatic carbocycles. The highest BCUT2D eigenvalue weighted by atomic mass is 16.5. The summed E-state index contributed by atoms with van der Waals surface area (Å²) in [7, 11) is 0. The molecule has 1 N–H and O–H groups in total. The average molecular weight is 260 g/mol. The van der Waals surface area contributed by atoms with E-state index >= 15 is 0 Å². The van der Waals surface area contributed by atoms with Gasteiger partial charge in [0.15, 0.2) is 12.9 Å². The summed E-state index contributed by atoms with van der Waals surface area (Å²) in [5, 5.41) is 2.64. The molecule has 0 fully saturated rings. The molecule has 5 nitrogen and oxygen atoms in total. The van der Waals surface area contributed by atoms with Gasteiger partial charge in [0.1, 0.15) is 0 Å². The maximum Gasteiger partial charge on any atom is 0.408 e. The van der Waals surface area contributed by atoms with E-state index in [1.165, 1.54) is 12.4 Å². The zero-order valence-electron chi connectivity index (χ0n) is 11.2. The average Bonchev–Trinajstić information content (AvgIpc) is 2.33.